The Hall–Kier alpha value is -2.04. The molecule has 3 amide bonds. The third kappa shape index (κ3) is 3.57. The number of carbonyl (C=O) groups excluding carboxylic acids is 2. The van der Waals surface area contributed by atoms with E-state index >= 15 is 0 Å². The predicted octanol–water partition coefficient (Wildman–Crippen LogP) is -1.34. The van der Waals surface area contributed by atoms with Gasteiger partial charge in [-0.2, -0.15) is 4.31 Å². The van der Waals surface area contributed by atoms with Gasteiger partial charge in [0.25, 0.3) is 5.91 Å². The van der Waals surface area contributed by atoms with Crippen molar-refractivity contribution >= 4 is 22.0 Å². The minimum atomic E-state index is -3.76. The Morgan fingerprint density at radius 2 is 1.96 bits per heavy atom. The molecule has 10 heteroatoms. The van der Waals surface area contributed by atoms with Crippen LogP contribution in [0.15, 0.2) is 29.2 Å². The highest BCUT2D eigenvalue weighted by Gasteiger charge is 2.38. The molecule has 142 valence electrons. The standard InChI is InChI=1S/C16H21FN4O4S/c1-12(15(22)21-6-5-18-16(21)23)19-7-9-20(10-8-19)26(24,25)14-4-2-3-13(17)11-14/h2-4,11-12H,5-10H2,1H3,(H,18,23)/p+1/t12-/m1/s1. The quantitative estimate of drug-likeness (QED) is 0.671. The Bertz CT molecular complexity index is 808. The van der Waals surface area contributed by atoms with Crippen molar-refractivity contribution in [1.82, 2.24) is 14.5 Å². The highest BCUT2D eigenvalue weighted by Crippen LogP contribution is 2.16. The fraction of sp³-hybridized carbons (Fsp3) is 0.500. The minimum absolute atomic E-state index is 0.0705. The van der Waals surface area contributed by atoms with E-state index in [1.165, 1.54) is 27.4 Å². The van der Waals surface area contributed by atoms with Crippen LogP contribution in [0, 0.1) is 5.82 Å². The first kappa shape index (κ1) is 18.7. The van der Waals surface area contributed by atoms with Crippen molar-refractivity contribution in [2.24, 2.45) is 0 Å². The first-order valence-electron chi connectivity index (χ1n) is 8.50. The summed E-state index contributed by atoms with van der Waals surface area (Å²) < 4.78 is 39.9. The Kier molecular flexibility index (Phi) is 5.26. The van der Waals surface area contributed by atoms with Crippen molar-refractivity contribution in [3.8, 4) is 0 Å². The number of hydrogen-bond acceptors (Lipinski definition) is 4. The molecule has 0 spiro atoms. The lowest BCUT2D eigenvalue weighted by atomic mass is 10.2. The highest BCUT2D eigenvalue weighted by molar-refractivity contribution is 7.89. The van der Waals surface area contributed by atoms with Gasteiger partial charge in [-0.15, -0.1) is 0 Å². The normalized spacial score (nSPS) is 20.8. The van der Waals surface area contributed by atoms with Gasteiger partial charge in [0.2, 0.25) is 10.0 Å². The molecule has 0 bridgehead atoms. The number of nitrogens with one attached hydrogen (secondary N) is 2. The van der Waals surface area contributed by atoms with Crippen LogP contribution < -0.4 is 10.2 Å². The third-order valence-corrected chi connectivity index (χ3v) is 6.80. The molecule has 1 atom stereocenters. The van der Waals surface area contributed by atoms with Crippen molar-refractivity contribution in [3.63, 3.8) is 0 Å². The van der Waals surface area contributed by atoms with Crippen LogP contribution in [0.1, 0.15) is 6.92 Å². The number of piperazine rings is 1. The van der Waals surface area contributed by atoms with Crippen LogP contribution in [-0.2, 0) is 14.8 Å². The number of carbonyl (C=O) groups is 2. The molecule has 2 aliphatic rings. The van der Waals surface area contributed by atoms with Gasteiger partial charge < -0.3 is 10.2 Å². The maximum atomic E-state index is 13.3. The molecular formula is C16H22FN4O4S+. The van der Waals surface area contributed by atoms with Crippen molar-refractivity contribution < 1.29 is 27.3 Å². The molecule has 3 rings (SSSR count). The predicted molar refractivity (Wildman–Crippen MR) is 90.4 cm³/mol. The molecule has 2 aliphatic heterocycles. The average Bonchev–Trinajstić information content (AvgIpc) is 3.06. The third-order valence-electron chi connectivity index (χ3n) is 4.90. The Morgan fingerprint density at radius 3 is 2.54 bits per heavy atom. The largest absolute Gasteiger partial charge is 0.336 e. The zero-order valence-electron chi connectivity index (χ0n) is 14.4. The van der Waals surface area contributed by atoms with E-state index in [1.807, 2.05) is 0 Å². The number of rotatable bonds is 4. The number of amides is 3. The summed E-state index contributed by atoms with van der Waals surface area (Å²) in [6.45, 7) is 3.91. The summed E-state index contributed by atoms with van der Waals surface area (Å²) in [7, 11) is -3.76. The van der Waals surface area contributed by atoms with Gasteiger partial charge in [-0.25, -0.2) is 17.6 Å². The molecule has 0 radical (unpaired) electrons. The van der Waals surface area contributed by atoms with Crippen LogP contribution in [0.5, 0.6) is 0 Å². The minimum Gasteiger partial charge on any atom is -0.336 e. The van der Waals surface area contributed by atoms with Crippen molar-refractivity contribution in [3.05, 3.63) is 30.1 Å². The summed E-state index contributed by atoms with van der Waals surface area (Å²) in [5, 5.41) is 2.60. The second-order valence-electron chi connectivity index (χ2n) is 6.46. The first-order chi connectivity index (χ1) is 12.3. The summed E-state index contributed by atoms with van der Waals surface area (Å²) >= 11 is 0. The SMILES string of the molecule is C[C@H](C(=O)N1CCNC1=O)[NH+]1CCN(S(=O)(=O)c2cccc(F)c2)CC1. The van der Waals surface area contributed by atoms with Gasteiger partial charge >= 0.3 is 6.03 Å². The van der Waals surface area contributed by atoms with Crippen molar-refractivity contribution in [1.29, 1.82) is 0 Å². The number of imide groups is 1. The molecule has 1 aromatic rings. The monoisotopic (exact) mass is 385 g/mol. The number of halogens is 1. The zero-order valence-corrected chi connectivity index (χ0v) is 15.3. The summed E-state index contributed by atoms with van der Waals surface area (Å²) in [5.74, 6) is -0.852. The van der Waals surface area contributed by atoms with Crippen LogP contribution >= 0.6 is 0 Å². The molecule has 0 unspecified atom stereocenters. The lowest BCUT2D eigenvalue weighted by molar-refractivity contribution is -0.917. The van der Waals surface area contributed by atoms with Crippen LogP contribution in [0.2, 0.25) is 0 Å². The van der Waals surface area contributed by atoms with E-state index in [1.54, 1.807) is 6.92 Å². The highest BCUT2D eigenvalue weighted by atomic mass is 32.2. The van der Waals surface area contributed by atoms with Gasteiger partial charge in [-0.3, -0.25) is 9.69 Å². The van der Waals surface area contributed by atoms with Gasteiger partial charge in [0.15, 0.2) is 6.04 Å². The van der Waals surface area contributed by atoms with E-state index in [4.69, 9.17) is 0 Å². The van der Waals surface area contributed by atoms with E-state index in [0.717, 1.165) is 11.0 Å². The molecule has 8 nitrogen and oxygen atoms in total. The average molecular weight is 385 g/mol. The first-order valence-corrected chi connectivity index (χ1v) is 9.94. The van der Waals surface area contributed by atoms with E-state index in [0.29, 0.717) is 26.2 Å². The molecule has 2 fully saturated rings. The van der Waals surface area contributed by atoms with E-state index in [-0.39, 0.29) is 29.9 Å². The number of nitrogens with zero attached hydrogens (tertiary/aromatic N) is 2. The molecule has 2 saturated heterocycles. The zero-order chi connectivity index (χ0) is 18.9. The number of benzene rings is 1. The molecular weight excluding hydrogens is 363 g/mol. The van der Waals surface area contributed by atoms with Crippen molar-refractivity contribution in [2.45, 2.75) is 17.9 Å². The van der Waals surface area contributed by atoms with Crippen molar-refractivity contribution in [2.75, 3.05) is 39.3 Å². The molecule has 0 saturated carbocycles. The Labute approximate surface area is 151 Å². The number of quaternary nitrogens is 1. The van der Waals surface area contributed by atoms with E-state index < -0.39 is 21.9 Å². The molecule has 0 aromatic heterocycles. The van der Waals surface area contributed by atoms with Crippen LogP contribution in [0.25, 0.3) is 0 Å². The van der Waals surface area contributed by atoms with E-state index in [2.05, 4.69) is 5.32 Å². The van der Waals surface area contributed by atoms with Gasteiger partial charge in [-0.1, -0.05) is 6.07 Å². The van der Waals surface area contributed by atoms with Gasteiger partial charge in [0.05, 0.1) is 31.1 Å². The molecule has 2 N–H and O–H groups in total. The lowest BCUT2D eigenvalue weighted by Gasteiger charge is -2.34. The topological polar surface area (TPSA) is 91.2 Å². The Morgan fingerprint density at radius 1 is 1.27 bits per heavy atom. The summed E-state index contributed by atoms with van der Waals surface area (Å²) in [4.78, 5) is 26.2. The molecule has 26 heavy (non-hydrogen) atoms. The van der Waals surface area contributed by atoms with Crippen LogP contribution in [-0.4, -0.2) is 74.9 Å². The number of urea groups is 1. The fourth-order valence-corrected chi connectivity index (χ4v) is 4.79. The van der Waals surface area contributed by atoms with E-state index in [9.17, 15) is 22.4 Å². The Balaban J connectivity index is 1.63. The maximum absolute atomic E-state index is 13.3. The lowest BCUT2D eigenvalue weighted by Crippen LogP contribution is -3.19. The second kappa shape index (κ2) is 7.29. The maximum Gasteiger partial charge on any atom is 0.324 e. The molecule has 1 aromatic carbocycles. The smallest absolute Gasteiger partial charge is 0.324 e. The number of hydrogen-bond donors (Lipinski definition) is 2. The second-order valence-corrected chi connectivity index (χ2v) is 8.40. The van der Waals surface area contributed by atoms with Gasteiger partial charge in [-0.05, 0) is 25.1 Å². The molecule has 0 aliphatic carbocycles. The van der Waals surface area contributed by atoms with Gasteiger partial charge in [0, 0.05) is 13.1 Å². The molecule has 2 heterocycles. The number of sulfonamides is 1. The van der Waals surface area contributed by atoms with Crippen LogP contribution in [0.3, 0.4) is 0 Å². The fourth-order valence-electron chi connectivity index (χ4n) is 3.31. The summed E-state index contributed by atoms with van der Waals surface area (Å²) in [5.41, 5.74) is 0. The van der Waals surface area contributed by atoms with Crippen LogP contribution in [0.4, 0.5) is 9.18 Å². The van der Waals surface area contributed by atoms with Gasteiger partial charge in [0.1, 0.15) is 5.82 Å². The summed E-state index contributed by atoms with van der Waals surface area (Å²) in [6.07, 6.45) is 0. The summed E-state index contributed by atoms with van der Waals surface area (Å²) in [6, 6.07) is 4.13.